The molecule has 0 atom stereocenters. The Hall–Kier alpha value is -2.17. The molecule has 1 fully saturated rings. The molecule has 0 unspecified atom stereocenters. The minimum absolute atomic E-state index is 0.0195. The van der Waals surface area contributed by atoms with Crippen molar-refractivity contribution in [3.05, 3.63) is 42.1 Å². The van der Waals surface area contributed by atoms with Crippen molar-refractivity contribution in [3.63, 3.8) is 0 Å². The number of benzene rings is 1. The summed E-state index contributed by atoms with van der Waals surface area (Å²) in [6.45, 7) is 29.4. The highest BCUT2D eigenvalue weighted by Gasteiger charge is 2.40. The van der Waals surface area contributed by atoms with Crippen LogP contribution in [-0.4, -0.2) is 54.4 Å². The molecule has 2 aromatic rings. The first-order valence-electron chi connectivity index (χ1n) is 17.6. The van der Waals surface area contributed by atoms with Crippen molar-refractivity contribution in [2.45, 2.75) is 165 Å². The maximum absolute atomic E-state index is 13.7. The second kappa shape index (κ2) is 20.5. The number of sulfonamides is 1. The number of ether oxygens (including phenoxy) is 2. The normalized spacial score (nSPS) is 14.1. The van der Waals surface area contributed by atoms with Gasteiger partial charge in [0.25, 0.3) is 5.92 Å². The van der Waals surface area contributed by atoms with Gasteiger partial charge in [0, 0.05) is 17.4 Å². The third-order valence-corrected chi connectivity index (χ3v) is 9.09. The Kier molecular flexibility index (Phi) is 19.6. The molecule has 48 heavy (non-hydrogen) atoms. The van der Waals surface area contributed by atoms with E-state index in [1.807, 2.05) is 79.7 Å². The molecule has 0 amide bonds. The van der Waals surface area contributed by atoms with E-state index in [-0.39, 0.29) is 28.9 Å². The summed E-state index contributed by atoms with van der Waals surface area (Å²) < 4.78 is 63.5. The summed E-state index contributed by atoms with van der Waals surface area (Å²) >= 11 is 0. The Labute approximate surface area is 292 Å². The van der Waals surface area contributed by atoms with Gasteiger partial charge in [0.1, 0.15) is 5.69 Å². The first kappa shape index (κ1) is 45.8. The Morgan fingerprint density at radius 2 is 1.42 bits per heavy atom. The number of hydrogen-bond donors (Lipinski definition) is 1. The van der Waals surface area contributed by atoms with Crippen molar-refractivity contribution < 1.29 is 26.7 Å². The average Bonchev–Trinajstić information content (AvgIpc) is 3.81. The van der Waals surface area contributed by atoms with E-state index in [9.17, 15) is 17.2 Å². The van der Waals surface area contributed by atoms with E-state index in [4.69, 9.17) is 9.47 Å². The molecular formula is C38H67F2N3O4S. The first-order valence-corrected chi connectivity index (χ1v) is 19.1. The fourth-order valence-electron chi connectivity index (χ4n) is 3.91. The van der Waals surface area contributed by atoms with Crippen molar-refractivity contribution in [2.24, 2.45) is 10.8 Å². The number of hydrogen-bond acceptors (Lipinski definition) is 6. The standard InChI is InChI=1S/C16H30F2O.C14H18N2O.C6H13NO2S.C2H6/c1-13(2)19-12-15(6,7)10-8-9-11-16(17,18)14(3,4)5;1-9(2)13-14(17-10(3)4)16-12-8-6-5-7-11(12)15-13;1-5(2)7-10(8,9)6-3-4-6;1-2/h9,11,13H,8,10,12H2,1-7H3;5-10H,1-4H3;5-7H,3-4H2,1-2H3;1-2H3/b11-9+;;;. The zero-order chi connectivity index (χ0) is 37.5. The van der Waals surface area contributed by atoms with E-state index in [1.165, 1.54) is 0 Å². The van der Waals surface area contributed by atoms with Crippen LogP contribution in [0.4, 0.5) is 8.78 Å². The maximum Gasteiger partial charge on any atom is 0.271 e. The number of nitrogens with one attached hydrogen (secondary N) is 1. The summed E-state index contributed by atoms with van der Waals surface area (Å²) in [5.74, 6) is -1.79. The molecular weight excluding hydrogens is 632 g/mol. The SMILES string of the molecule is CC.CC(C)NS(=O)(=O)C1CC1.CC(C)OCC(C)(C)CC/C=C/C(F)(F)C(C)(C)C.CC(C)Oc1nc2ccccc2nc1C(C)C. The van der Waals surface area contributed by atoms with E-state index in [2.05, 4.69) is 42.4 Å². The summed E-state index contributed by atoms with van der Waals surface area (Å²) in [4.78, 5) is 9.19. The molecule has 7 nitrogen and oxygen atoms in total. The highest BCUT2D eigenvalue weighted by molar-refractivity contribution is 7.90. The van der Waals surface area contributed by atoms with Crippen LogP contribution in [0, 0.1) is 10.8 Å². The van der Waals surface area contributed by atoms with Gasteiger partial charge >= 0.3 is 0 Å². The highest BCUT2D eigenvalue weighted by atomic mass is 32.2. The number of para-hydroxylation sites is 2. The topological polar surface area (TPSA) is 90.4 Å². The van der Waals surface area contributed by atoms with Gasteiger partial charge in [0.2, 0.25) is 15.9 Å². The average molecular weight is 700 g/mol. The lowest BCUT2D eigenvalue weighted by Crippen LogP contribution is -2.32. The van der Waals surface area contributed by atoms with Crippen LogP contribution in [0.25, 0.3) is 11.0 Å². The van der Waals surface area contributed by atoms with Gasteiger partial charge in [-0.1, -0.05) is 80.5 Å². The van der Waals surface area contributed by atoms with Gasteiger partial charge in [-0.3, -0.25) is 0 Å². The second-order valence-electron chi connectivity index (χ2n) is 15.1. The largest absolute Gasteiger partial charge is 0.474 e. The fourth-order valence-corrected chi connectivity index (χ4v) is 5.51. The molecule has 278 valence electrons. The smallest absolute Gasteiger partial charge is 0.271 e. The van der Waals surface area contributed by atoms with Crippen LogP contribution in [-0.2, 0) is 14.8 Å². The Balaban J connectivity index is 0.000000699. The second-order valence-corrected chi connectivity index (χ2v) is 17.1. The van der Waals surface area contributed by atoms with E-state index in [0.717, 1.165) is 42.1 Å². The lowest BCUT2D eigenvalue weighted by atomic mass is 9.86. The van der Waals surface area contributed by atoms with Crippen LogP contribution < -0.4 is 9.46 Å². The van der Waals surface area contributed by atoms with Crippen molar-refractivity contribution >= 4 is 21.1 Å². The van der Waals surface area contributed by atoms with Crippen LogP contribution in [0.1, 0.15) is 141 Å². The minimum Gasteiger partial charge on any atom is -0.474 e. The molecule has 1 aromatic carbocycles. The molecule has 1 heterocycles. The quantitative estimate of drug-likeness (QED) is 0.209. The number of fused-ring (bicyclic) bond motifs is 1. The third kappa shape index (κ3) is 18.0. The monoisotopic (exact) mass is 699 g/mol. The Bertz CT molecular complexity index is 1330. The number of alkyl halides is 2. The predicted molar refractivity (Wildman–Crippen MR) is 199 cm³/mol. The summed E-state index contributed by atoms with van der Waals surface area (Å²) in [6.07, 6.45) is 6.14. The zero-order valence-corrected chi connectivity index (χ0v) is 33.4. The molecule has 1 saturated carbocycles. The molecule has 10 heteroatoms. The van der Waals surface area contributed by atoms with Crippen LogP contribution in [0.15, 0.2) is 36.4 Å². The Morgan fingerprint density at radius 1 is 0.896 bits per heavy atom. The van der Waals surface area contributed by atoms with E-state index >= 15 is 0 Å². The summed E-state index contributed by atoms with van der Waals surface area (Å²) in [5.41, 5.74) is 1.73. The number of aromatic nitrogens is 2. The maximum atomic E-state index is 13.7. The third-order valence-electron chi connectivity index (χ3n) is 6.94. The highest BCUT2D eigenvalue weighted by Crippen LogP contribution is 2.37. The van der Waals surface area contributed by atoms with Crippen molar-refractivity contribution in [1.29, 1.82) is 0 Å². The molecule has 1 aliphatic rings. The Morgan fingerprint density at radius 3 is 1.83 bits per heavy atom. The van der Waals surface area contributed by atoms with Gasteiger partial charge in [-0.05, 0) is 90.8 Å². The number of nitrogens with zero attached hydrogens (tertiary/aromatic N) is 2. The van der Waals surface area contributed by atoms with Crippen LogP contribution in [0.3, 0.4) is 0 Å². The number of halogens is 2. The molecule has 3 rings (SSSR count). The van der Waals surface area contributed by atoms with E-state index in [1.54, 1.807) is 26.8 Å². The van der Waals surface area contributed by atoms with Gasteiger partial charge in [0.05, 0.1) is 35.1 Å². The summed E-state index contributed by atoms with van der Waals surface area (Å²) in [5, 5.41) is -0.0881. The zero-order valence-electron chi connectivity index (χ0n) is 32.6. The minimum atomic E-state index is -2.94. The first-order chi connectivity index (χ1) is 22.0. The van der Waals surface area contributed by atoms with Gasteiger partial charge in [0.15, 0.2) is 0 Å². The summed E-state index contributed by atoms with van der Waals surface area (Å²) in [6, 6.07) is 7.91. The molecule has 0 spiro atoms. The predicted octanol–water partition coefficient (Wildman–Crippen LogP) is 10.5. The lowest BCUT2D eigenvalue weighted by molar-refractivity contribution is -0.0502. The van der Waals surface area contributed by atoms with Crippen LogP contribution in [0.2, 0.25) is 0 Å². The van der Waals surface area contributed by atoms with Crippen molar-refractivity contribution in [3.8, 4) is 5.88 Å². The molecule has 1 aliphatic carbocycles. The van der Waals surface area contributed by atoms with Gasteiger partial charge in [-0.25, -0.2) is 31.9 Å². The molecule has 0 radical (unpaired) electrons. The van der Waals surface area contributed by atoms with Gasteiger partial charge < -0.3 is 9.47 Å². The van der Waals surface area contributed by atoms with Gasteiger partial charge in [-0.15, -0.1) is 0 Å². The lowest BCUT2D eigenvalue weighted by Gasteiger charge is -2.28. The van der Waals surface area contributed by atoms with E-state index < -0.39 is 21.4 Å². The molecule has 1 aromatic heterocycles. The number of rotatable bonds is 13. The summed E-state index contributed by atoms with van der Waals surface area (Å²) in [7, 11) is -2.94. The molecule has 0 aliphatic heterocycles. The fraction of sp³-hybridized carbons (Fsp3) is 0.737. The van der Waals surface area contributed by atoms with Crippen LogP contribution >= 0.6 is 0 Å². The van der Waals surface area contributed by atoms with Crippen LogP contribution in [0.5, 0.6) is 5.88 Å². The van der Waals surface area contributed by atoms with Crippen molar-refractivity contribution in [2.75, 3.05) is 6.61 Å². The number of allylic oxidation sites excluding steroid dienone is 2. The van der Waals surface area contributed by atoms with Gasteiger partial charge in [-0.2, -0.15) is 0 Å². The van der Waals surface area contributed by atoms with Crippen molar-refractivity contribution in [1.82, 2.24) is 14.7 Å². The molecule has 0 saturated heterocycles. The van der Waals surface area contributed by atoms with E-state index in [0.29, 0.717) is 24.8 Å². The molecule has 1 N–H and O–H groups in total. The molecule has 0 bridgehead atoms.